The van der Waals surface area contributed by atoms with Crippen molar-refractivity contribution in [3.63, 3.8) is 0 Å². The van der Waals surface area contributed by atoms with Gasteiger partial charge in [-0.15, -0.1) is 0 Å². The maximum absolute atomic E-state index is 12.6. The first-order valence-electron chi connectivity index (χ1n) is 19.3. The SMILES string of the molecule is COc1cc2ncnc(Oc3ccc(NC(=O)Nc4ccc(CN5CCN(C)CC5)cc4)c(Cl)c3)c2cc1OC.Cc1cc2ncnc(Oc3ccc(N)c(Cl)c3)c2cc1C. The number of hydrogen-bond acceptors (Lipinski definition) is 12. The zero-order valence-electron chi connectivity index (χ0n) is 34.3. The highest BCUT2D eigenvalue weighted by atomic mass is 35.5. The van der Waals surface area contributed by atoms with E-state index in [9.17, 15) is 4.79 Å². The second kappa shape index (κ2) is 19.3. The Morgan fingerprint density at radius 1 is 0.689 bits per heavy atom. The van der Waals surface area contributed by atoms with Gasteiger partial charge in [-0.3, -0.25) is 4.90 Å². The highest BCUT2D eigenvalue weighted by Gasteiger charge is 2.16. The van der Waals surface area contributed by atoms with Crippen LogP contribution >= 0.6 is 23.2 Å². The summed E-state index contributed by atoms with van der Waals surface area (Å²) in [7, 11) is 5.27. The summed E-state index contributed by atoms with van der Waals surface area (Å²) in [4.78, 5) is 34.5. The third-order valence-corrected chi connectivity index (χ3v) is 10.8. The van der Waals surface area contributed by atoms with Crippen LogP contribution in [0.4, 0.5) is 21.9 Å². The van der Waals surface area contributed by atoms with Crippen molar-refractivity contribution in [3.8, 4) is 34.8 Å². The van der Waals surface area contributed by atoms with E-state index in [0.717, 1.165) is 49.2 Å². The molecule has 4 N–H and O–H groups in total. The third kappa shape index (κ3) is 10.7. The van der Waals surface area contributed by atoms with Crippen LogP contribution in [0.2, 0.25) is 10.0 Å². The molecule has 1 saturated heterocycles. The number of benzene rings is 5. The van der Waals surface area contributed by atoms with Crippen molar-refractivity contribution < 1.29 is 23.7 Å². The van der Waals surface area contributed by atoms with Gasteiger partial charge in [-0.1, -0.05) is 35.3 Å². The number of amides is 2. The van der Waals surface area contributed by atoms with Crippen molar-refractivity contribution in [2.75, 3.05) is 63.8 Å². The second-order valence-electron chi connectivity index (χ2n) is 14.4. The number of anilines is 3. The van der Waals surface area contributed by atoms with Crippen molar-refractivity contribution in [1.82, 2.24) is 29.7 Å². The smallest absolute Gasteiger partial charge is 0.323 e. The summed E-state index contributed by atoms with van der Waals surface area (Å²) in [6.07, 6.45) is 2.90. The maximum Gasteiger partial charge on any atom is 0.323 e. The largest absolute Gasteiger partial charge is 0.493 e. The molecule has 2 aromatic heterocycles. The predicted molar refractivity (Wildman–Crippen MR) is 241 cm³/mol. The molecule has 0 radical (unpaired) electrons. The first kappa shape index (κ1) is 42.7. The number of aromatic nitrogens is 4. The molecular weight excluding hydrogens is 817 g/mol. The van der Waals surface area contributed by atoms with Crippen LogP contribution in [0.1, 0.15) is 16.7 Å². The van der Waals surface area contributed by atoms with E-state index < -0.39 is 6.03 Å². The summed E-state index contributed by atoms with van der Waals surface area (Å²) < 4.78 is 22.6. The Morgan fingerprint density at radius 2 is 1.26 bits per heavy atom. The number of carbonyl (C=O) groups excluding carboxylic acids is 1. The molecule has 1 fully saturated rings. The number of aryl methyl sites for hydroxylation is 2. The molecular formula is C45H45Cl2N9O5. The van der Waals surface area contributed by atoms with Gasteiger partial charge < -0.3 is 40.2 Å². The van der Waals surface area contributed by atoms with Crippen LogP contribution in [0.25, 0.3) is 21.8 Å². The van der Waals surface area contributed by atoms with E-state index in [2.05, 4.69) is 54.3 Å². The van der Waals surface area contributed by atoms with Gasteiger partial charge in [-0.05, 0) is 92.2 Å². The van der Waals surface area contributed by atoms with Crippen LogP contribution in [0.15, 0.2) is 97.6 Å². The molecule has 5 aromatic carbocycles. The van der Waals surface area contributed by atoms with Crippen LogP contribution in [-0.2, 0) is 6.54 Å². The van der Waals surface area contributed by atoms with E-state index in [1.165, 1.54) is 23.8 Å². The van der Waals surface area contributed by atoms with Gasteiger partial charge in [0, 0.05) is 56.6 Å². The lowest BCUT2D eigenvalue weighted by molar-refractivity contribution is 0.148. The number of rotatable bonds is 10. The monoisotopic (exact) mass is 861 g/mol. The number of nitrogens with zero attached hydrogens (tertiary/aromatic N) is 6. The van der Waals surface area contributed by atoms with Crippen LogP contribution in [0.5, 0.6) is 34.8 Å². The minimum Gasteiger partial charge on any atom is -0.493 e. The number of carbonyl (C=O) groups is 1. The number of urea groups is 1. The van der Waals surface area contributed by atoms with Crippen molar-refractivity contribution in [1.29, 1.82) is 0 Å². The van der Waals surface area contributed by atoms with Crippen molar-refractivity contribution >= 4 is 68.1 Å². The molecule has 0 spiro atoms. The number of ether oxygens (including phenoxy) is 4. The van der Waals surface area contributed by atoms with Gasteiger partial charge in [0.05, 0.1) is 57.4 Å². The molecule has 61 heavy (non-hydrogen) atoms. The van der Waals surface area contributed by atoms with Crippen molar-refractivity contribution in [3.05, 3.63) is 124 Å². The molecule has 2 amide bonds. The molecule has 7 aromatic rings. The standard InChI is InChI=1S/C29H31ClN6O4.C16H14ClN3O/c1-35-10-12-36(13-11-35)17-19-4-6-20(7-5-19)33-29(37)34-24-9-8-21(14-23(24)30)40-28-22-15-26(38-2)27(39-3)16-25(22)31-18-32-28;1-9-5-12-15(6-10(9)2)19-8-20-16(12)21-11-3-4-14(18)13(17)7-11/h4-9,14-16,18H,10-13,17H2,1-3H3,(H2,33,34,37);3-8H,18H2,1-2H3. The first-order chi connectivity index (χ1) is 29.5. The zero-order valence-corrected chi connectivity index (χ0v) is 35.8. The number of piperazine rings is 1. The fraction of sp³-hybridized carbons (Fsp3) is 0.222. The Bertz CT molecular complexity index is 2680. The zero-order chi connectivity index (χ0) is 43.0. The number of nitrogen functional groups attached to an aromatic ring is 1. The fourth-order valence-electron chi connectivity index (χ4n) is 6.51. The molecule has 0 atom stereocenters. The van der Waals surface area contributed by atoms with E-state index in [0.29, 0.717) is 72.8 Å². The molecule has 0 aliphatic carbocycles. The second-order valence-corrected chi connectivity index (χ2v) is 15.2. The highest BCUT2D eigenvalue weighted by Crippen LogP contribution is 2.37. The average molecular weight is 863 g/mol. The van der Waals surface area contributed by atoms with E-state index in [1.54, 1.807) is 62.8 Å². The van der Waals surface area contributed by atoms with E-state index in [-0.39, 0.29) is 0 Å². The molecule has 14 nitrogen and oxygen atoms in total. The fourth-order valence-corrected chi connectivity index (χ4v) is 6.90. The first-order valence-corrected chi connectivity index (χ1v) is 20.1. The summed E-state index contributed by atoms with van der Waals surface area (Å²) in [6, 6.07) is 25.2. The topological polar surface area (TPSA) is 162 Å². The lowest BCUT2D eigenvalue weighted by Gasteiger charge is -2.32. The molecule has 1 aliphatic rings. The van der Waals surface area contributed by atoms with Gasteiger partial charge in [0.15, 0.2) is 11.5 Å². The number of hydrogen-bond donors (Lipinski definition) is 3. The van der Waals surface area contributed by atoms with Gasteiger partial charge in [0.25, 0.3) is 0 Å². The molecule has 1 aliphatic heterocycles. The number of halogens is 2. The molecule has 0 saturated carbocycles. The molecule has 3 heterocycles. The van der Waals surface area contributed by atoms with Crippen LogP contribution in [0.3, 0.4) is 0 Å². The number of nitrogens with two attached hydrogens (primary N) is 1. The Balaban J connectivity index is 0.000000224. The predicted octanol–water partition coefficient (Wildman–Crippen LogP) is 9.76. The van der Waals surface area contributed by atoms with Crippen LogP contribution in [-0.4, -0.2) is 83.2 Å². The van der Waals surface area contributed by atoms with Crippen molar-refractivity contribution in [2.45, 2.75) is 20.4 Å². The summed E-state index contributed by atoms with van der Waals surface area (Å²) in [5.74, 6) is 2.95. The average Bonchev–Trinajstić information content (AvgIpc) is 3.25. The molecule has 0 bridgehead atoms. The Labute approximate surface area is 363 Å². The maximum atomic E-state index is 12.6. The molecule has 16 heteroatoms. The van der Waals surface area contributed by atoms with Crippen LogP contribution < -0.4 is 35.3 Å². The Kier molecular flexibility index (Phi) is 13.5. The van der Waals surface area contributed by atoms with Gasteiger partial charge >= 0.3 is 6.03 Å². The van der Waals surface area contributed by atoms with Gasteiger partial charge in [0.1, 0.15) is 24.2 Å². The summed E-state index contributed by atoms with van der Waals surface area (Å²) in [5, 5.41) is 7.92. The van der Waals surface area contributed by atoms with E-state index >= 15 is 0 Å². The van der Waals surface area contributed by atoms with Gasteiger partial charge in [-0.2, -0.15) is 0 Å². The number of likely N-dealkylation sites (N-methyl/N-ethyl adjacent to an activating group) is 1. The van der Waals surface area contributed by atoms with Crippen LogP contribution in [0, 0.1) is 13.8 Å². The Morgan fingerprint density at radius 3 is 1.89 bits per heavy atom. The minimum absolute atomic E-state index is 0.313. The summed E-state index contributed by atoms with van der Waals surface area (Å²) >= 11 is 12.5. The summed E-state index contributed by atoms with van der Waals surface area (Å²) in [6.45, 7) is 9.28. The number of nitrogens with one attached hydrogen (secondary N) is 2. The Hall–Kier alpha value is -6.45. The van der Waals surface area contributed by atoms with Crippen molar-refractivity contribution in [2.24, 2.45) is 0 Å². The molecule has 314 valence electrons. The summed E-state index contributed by atoms with van der Waals surface area (Å²) in [5.41, 5.74) is 12.4. The normalized spacial score (nSPS) is 13.0. The quantitative estimate of drug-likeness (QED) is 0.112. The van der Waals surface area contributed by atoms with Gasteiger partial charge in [0.2, 0.25) is 11.8 Å². The van der Waals surface area contributed by atoms with Gasteiger partial charge in [-0.25, -0.2) is 24.7 Å². The van der Waals surface area contributed by atoms with E-state index in [1.807, 2.05) is 43.3 Å². The third-order valence-electron chi connectivity index (χ3n) is 10.1. The minimum atomic E-state index is -0.398. The number of fused-ring (bicyclic) bond motifs is 2. The lowest BCUT2D eigenvalue weighted by atomic mass is 10.1. The lowest BCUT2D eigenvalue weighted by Crippen LogP contribution is -2.43. The molecule has 8 rings (SSSR count). The molecule has 0 unspecified atom stereocenters. The number of methoxy groups -OCH3 is 2. The highest BCUT2D eigenvalue weighted by molar-refractivity contribution is 6.34. The van der Waals surface area contributed by atoms with E-state index in [4.69, 9.17) is 47.9 Å².